The number of aliphatic hydroxyl groups is 3. The Bertz CT molecular complexity index is 442. The highest BCUT2D eigenvalue weighted by Crippen LogP contribution is 2.21. The molecule has 1 fully saturated rings. The van der Waals surface area contributed by atoms with Crippen molar-refractivity contribution in [2.45, 2.75) is 50.0 Å². The molecule has 1 aliphatic heterocycles. The van der Waals surface area contributed by atoms with E-state index < -0.39 is 30.7 Å². The van der Waals surface area contributed by atoms with Crippen LogP contribution in [0.1, 0.15) is 18.4 Å². The first-order valence-corrected chi connectivity index (χ1v) is 8.10. The maximum atomic E-state index is 9.94. The van der Waals surface area contributed by atoms with Gasteiger partial charge in [0.1, 0.15) is 24.4 Å². The Kier molecular flexibility index (Phi) is 7.42. The maximum absolute atomic E-state index is 9.94. The minimum atomic E-state index is -1.27. The monoisotopic (exact) mass is 325 g/mol. The van der Waals surface area contributed by atoms with Gasteiger partial charge in [0.05, 0.1) is 0 Å². The summed E-state index contributed by atoms with van der Waals surface area (Å²) in [5.41, 5.74) is 1.33. The van der Waals surface area contributed by atoms with Gasteiger partial charge in [0.15, 0.2) is 6.29 Å². The van der Waals surface area contributed by atoms with Gasteiger partial charge < -0.3 is 30.1 Å². The summed E-state index contributed by atoms with van der Waals surface area (Å²) in [5.74, 6) is 0. The number of hydrogen-bond acceptors (Lipinski definition) is 6. The van der Waals surface area contributed by atoms with E-state index in [1.54, 1.807) is 0 Å². The number of unbranched alkanes of at least 4 members (excludes halogenated alkanes) is 1. The van der Waals surface area contributed by atoms with Crippen molar-refractivity contribution >= 4 is 0 Å². The smallest absolute Gasteiger partial charge is 0.186 e. The van der Waals surface area contributed by atoms with Gasteiger partial charge in [-0.05, 0) is 31.4 Å². The predicted octanol–water partition coefficient (Wildman–Crippen LogP) is 0.0529. The Morgan fingerprint density at radius 3 is 2.48 bits per heavy atom. The van der Waals surface area contributed by atoms with Gasteiger partial charge in [-0.25, -0.2) is 0 Å². The molecule has 23 heavy (non-hydrogen) atoms. The second kappa shape index (κ2) is 9.32. The molecule has 1 aliphatic rings. The van der Waals surface area contributed by atoms with Crippen LogP contribution in [0.15, 0.2) is 30.3 Å². The van der Waals surface area contributed by atoms with Gasteiger partial charge in [0, 0.05) is 13.7 Å². The first-order chi connectivity index (χ1) is 11.1. The van der Waals surface area contributed by atoms with Crippen LogP contribution in [0.3, 0.4) is 0 Å². The van der Waals surface area contributed by atoms with Crippen LogP contribution in [0.5, 0.6) is 0 Å². The molecule has 1 saturated heterocycles. The quantitative estimate of drug-likeness (QED) is 0.505. The van der Waals surface area contributed by atoms with E-state index in [0.717, 1.165) is 25.8 Å². The number of hydrogen-bond donors (Lipinski definition) is 4. The average molecular weight is 325 g/mol. The van der Waals surface area contributed by atoms with Crippen molar-refractivity contribution in [3.63, 3.8) is 0 Å². The second-order valence-corrected chi connectivity index (χ2v) is 5.90. The molecule has 2 rings (SSSR count). The van der Waals surface area contributed by atoms with E-state index in [-0.39, 0.29) is 0 Å². The van der Waals surface area contributed by atoms with Crippen LogP contribution in [0.2, 0.25) is 0 Å². The normalized spacial score (nSPS) is 31.2. The molecule has 0 spiro atoms. The first kappa shape index (κ1) is 18.3. The largest absolute Gasteiger partial charge is 0.388 e. The van der Waals surface area contributed by atoms with Crippen molar-refractivity contribution in [1.82, 2.24) is 5.32 Å². The van der Waals surface area contributed by atoms with E-state index in [2.05, 4.69) is 17.4 Å². The van der Waals surface area contributed by atoms with Gasteiger partial charge in [0.2, 0.25) is 0 Å². The molecule has 5 atom stereocenters. The molecule has 0 amide bonds. The number of nitrogens with one attached hydrogen (secondary N) is 1. The molecule has 0 radical (unpaired) electrons. The average Bonchev–Trinajstić information content (AvgIpc) is 2.58. The Morgan fingerprint density at radius 1 is 1.04 bits per heavy atom. The highest BCUT2D eigenvalue weighted by molar-refractivity contribution is 5.14. The lowest BCUT2D eigenvalue weighted by atomic mass is 9.99. The van der Waals surface area contributed by atoms with Gasteiger partial charge in [-0.2, -0.15) is 0 Å². The zero-order chi connectivity index (χ0) is 16.7. The molecular formula is C17H27NO5. The fraction of sp³-hybridized carbons (Fsp3) is 0.647. The van der Waals surface area contributed by atoms with Crippen LogP contribution < -0.4 is 5.32 Å². The highest BCUT2D eigenvalue weighted by atomic mass is 16.7. The first-order valence-electron chi connectivity index (χ1n) is 8.10. The summed E-state index contributed by atoms with van der Waals surface area (Å²) in [6.45, 7) is 1.20. The zero-order valence-corrected chi connectivity index (χ0v) is 13.5. The van der Waals surface area contributed by atoms with Crippen molar-refractivity contribution in [1.29, 1.82) is 0 Å². The van der Waals surface area contributed by atoms with Crippen molar-refractivity contribution in [3.8, 4) is 0 Å². The molecule has 6 heteroatoms. The SMILES string of the molecule is CO[C@@H]1O[C@H](CNCCCCc2ccccc2)[C@H](O)[C@H](O)[C@H]1O. The van der Waals surface area contributed by atoms with Crippen molar-refractivity contribution in [2.75, 3.05) is 20.2 Å². The lowest BCUT2D eigenvalue weighted by Gasteiger charge is -2.39. The third kappa shape index (κ3) is 5.24. The zero-order valence-electron chi connectivity index (χ0n) is 13.5. The highest BCUT2D eigenvalue weighted by Gasteiger charge is 2.43. The number of rotatable bonds is 8. The van der Waals surface area contributed by atoms with Crippen LogP contribution in [0.25, 0.3) is 0 Å². The number of benzene rings is 1. The molecule has 1 aromatic rings. The number of methoxy groups -OCH3 is 1. The number of aryl methyl sites for hydroxylation is 1. The lowest BCUT2D eigenvalue weighted by molar-refractivity contribution is -0.288. The third-order valence-corrected chi connectivity index (χ3v) is 4.16. The molecule has 0 unspecified atom stereocenters. The van der Waals surface area contributed by atoms with Crippen molar-refractivity contribution in [2.24, 2.45) is 0 Å². The number of ether oxygens (including phenoxy) is 2. The van der Waals surface area contributed by atoms with E-state index in [4.69, 9.17) is 9.47 Å². The van der Waals surface area contributed by atoms with E-state index in [9.17, 15) is 15.3 Å². The van der Waals surface area contributed by atoms with E-state index >= 15 is 0 Å². The van der Waals surface area contributed by atoms with Gasteiger partial charge in [0.25, 0.3) is 0 Å². The number of aliphatic hydroxyl groups excluding tert-OH is 3. The summed E-state index contributed by atoms with van der Waals surface area (Å²) in [6, 6.07) is 10.3. The molecule has 0 aromatic heterocycles. The van der Waals surface area contributed by atoms with Gasteiger partial charge in [-0.1, -0.05) is 30.3 Å². The molecular weight excluding hydrogens is 298 g/mol. The summed E-state index contributed by atoms with van der Waals surface area (Å²) < 4.78 is 10.4. The summed E-state index contributed by atoms with van der Waals surface area (Å²) in [7, 11) is 1.40. The lowest BCUT2D eigenvalue weighted by Crippen LogP contribution is -2.60. The van der Waals surface area contributed by atoms with E-state index in [1.807, 2.05) is 18.2 Å². The van der Waals surface area contributed by atoms with Crippen LogP contribution in [-0.4, -0.2) is 66.2 Å². The Hall–Kier alpha value is -1.02. The molecule has 0 bridgehead atoms. The third-order valence-electron chi connectivity index (χ3n) is 4.16. The summed E-state index contributed by atoms with van der Waals surface area (Å²) >= 11 is 0. The minimum absolute atomic E-state index is 0.399. The summed E-state index contributed by atoms with van der Waals surface area (Å²) in [4.78, 5) is 0. The fourth-order valence-electron chi connectivity index (χ4n) is 2.75. The molecule has 0 aliphatic carbocycles. The van der Waals surface area contributed by atoms with Gasteiger partial charge >= 0.3 is 0 Å². The van der Waals surface area contributed by atoms with E-state index in [0.29, 0.717) is 6.54 Å². The molecule has 1 heterocycles. The van der Waals surface area contributed by atoms with Crippen LogP contribution in [0.4, 0.5) is 0 Å². The minimum Gasteiger partial charge on any atom is -0.388 e. The van der Waals surface area contributed by atoms with Gasteiger partial charge in [-0.3, -0.25) is 0 Å². The Morgan fingerprint density at radius 2 is 1.78 bits per heavy atom. The topological polar surface area (TPSA) is 91.2 Å². The Labute approximate surface area is 137 Å². The summed E-state index contributed by atoms with van der Waals surface area (Å²) in [5, 5.41) is 32.7. The fourth-order valence-corrected chi connectivity index (χ4v) is 2.75. The molecule has 6 nitrogen and oxygen atoms in total. The Balaban J connectivity index is 1.63. The standard InChI is InChI=1S/C17H27NO5/c1-22-17-16(21)15(20)14(19)13(23-17)11-18-10-6-5-9-12-7-3-2-4-8-12/h2-4,7-8,13-21H,5-6,9-11H2,1H3/t13-,14+,15+,16-,17-/m1/s1. The predicted molar refractivity (Wildman–Crippen MR) is 85.9 cm³/mol. The van der Waals surface area contributed by atoms with Crippen LogP contribution in [-0.2, 0) is 15.9 Å². The van der Waals surface area contributed by atoms with Crippen molar-refractivity contribution in [3.05, 3.63) is 35.9 Å². The molecule has 4 N–H and O–H groups in total. The molecule has 1 aromatic carbocycles. The summed E-state index contributed by atoms with van der Waals surface area (Å²) in [6.07, 6.45) is -2.03. The van der Waals surface area contributed by atoms with E-state index in [1.165, 1.54) is 12.7 Å². The van der Waals surface area contributed by atoms with Crippen LogP contribution >= 0.6 is 0 Å². The van der Waals surface area contributed by atoms with Crippen LogP contribution in [0, 0.1) is 0 Å². The molecule has 0 saturated carbocycles. The molecule has 130 valence electrons. The van der Waals surface area contributed by atoms with Gasteiger partial charge in [-0.15, -0.1) is 0 Å². The second-order valence-electron chi connectivity index (χ2n) is 5.90. The van der Waals surface area contributed by atoms with Crippen molar-refractivity contribution < 1.29 is 24.8 Å². The maximum Gasteiger partial charge on any atom is 0.186 e.